The van der Waals surface area contributed by atoms with Crippen LogP contribution in [0.25, 0.3) is 0 Å². The maximum absolute atomic E-state index is 10.8. The quantitative estimate of drug-likeness (QED) is 0.344. The van der Waals surface area contributed by atoms with E-state index in [0.717, 1.165) is 22.4 Å². The van der Waals surface area contributed by atoms with Crippen molar-refractivity contribution in [3.05, 3.63) is 34.4 Å². The molecule has 0 amide bonds. The SMILES string of the molecule is CCC(CBr)CSc1ccccc1[N+](=O)[O-]. The van der Waals surface area contributed by atoms with Gasteiger partial charge in [-0.1, -0.05) is 41.4 Å². The molecule has 88 valence electrons. The minimum absolute atomic E-state index is 0.205. The van der Waals surface area contributed by atoms with Crippen LogP contribution in [0.4, 0.5) is 5.69 Å². The number of nitro benzene ring substituents is 1. The molecule has 0 bridgehead atoms. The number of nitro groups is 1. The molecular weight excluding hydrogens is 290 g/mol. The molecule has 0 fully saturated rings. The molecule has 1 atom stereocenters. The van der Waals surface area contributed by atoms with Crippen LogP contribution in [-0.2, 0) is 0 Å². The smallest absolute Gasteiger partial charge is 0.258 e. The van der Waals surface area contributed by atoms with Gasteiger partial charge >= 0.3 is 0 Å². The molecule has 0 heterocycles. The molecule has 16 heavy (non-hydrogen) atoms. The fourth-order valence-corrected chi connectivity index (χ4v) is 3.43. The lowest BCUT2D eigenvalue weighted by atomic mass is 10.2. The summed E-state index contributed by atoms with van der Waals surface area (Å²) < 4.78 is 0. The summed E-state index contributed by atoms with van der Waals surface area (Å²) in [6, 6.07) is 6.90. The largest absolute Gasteiger partial charge is 0.282 e. The summed E-state index contributed by atoms with van der Waals surface area (Å²) in [6.45, 7) is 2.13. The van der Waals surface area contributed by atoms with Gasteiger partial charge in [-0.15, -0.1) is 11.8 Å². The van der Waals surface area contributed by atoms with Crippen molar-refractivity contribution in [2.24, 2.45) is 5.92 Å². The lowest BCUT2D eigenvalue weighted by Gasteiger charge is -2.10. The third-order valence-electron chi connectivity index (χ3n) is 2.33. The van der Waals surface area contributed by atoms with Crippen molar-refractivity contribution in [1.82, 2.24) is 0 Å². The zero-order chi connectivity index (χ0) is 12.0. The standard InChI is InChI=1S/C11H14BrNO2S/c1-2-9(7-12)8-16-11-6-4-3-5-10(11)13(14)15/h3-6,9H,2,7-8H2,1H3. The highest BCUT2D eigenvalue weighted by Gasteiger charge is 2.14. The van der Waals surface area contributed by atoms with Crippen LogP contribution in [0.3, 0.4) is 0 Å². The van der Waals surface area contributed by atoms with Gasteiger partial charge in [-0.3, -0.25) is 10.1 Å². The molecule has 0 saturated heterocycles. The number of para-hydroxylation sites is 1. The van der Waals surface area contributed by atoms with Crippen molar-refractivity contribution in [3.8, 4) is 0 Å². The summed E-state index contributed by atoms with van der Waals surface area (Å²) in [7, 11) is 0. The van der Waals surface area contributed by atoms with Crippen molar-refractivity contribution >= 4 is 33.4 Å². The summed E-state index contributed by atoms with van der Waals surface area (Å²) in [5.74, 6) is 1.47. The van der Waals surface area contributed by atoms with E-state index >= 15 is 0 Å². The molecule has 0 spiro atoms. The normalized spacial score (nSPS) is 12.4. The molecule has 1 rings (SSSR count). The van der Waals surface area contributed by atoms with Gasteiger partial charge in [-0.05, 0) is 12.0 Å². The fraction of sp³-hybridized carbons (Fsp3) is 0.455. The van der Waals surface area contributed by atoms with Crippen LogP contribution in [0.2, 0.25) is 0 Å². The highest BCUT2D eigenvalue weighted by Crippen LogP contribution is 2.30. The molecule has 5 heteroatoms. The Hall–Kier alpha value is -0.550. The van der Waals surface area contributed by atoms with E-state index in [2.05, 4.69) is 22.9 Å². The summed E-state index contributed by atoms with van der Waals surface area (Å²) in [5, 5.41) is 11.7. The Morgan fingerprint density at radius 1 is 1.50 bits per heavy atom. The third-order valence-corrected chi connectivity index (χ3v) is 4.54. The molecule has 0 radical (unpaired) electrons. The van der Waals surface area contributed by atoms with Gasteiger partial charge in [0.25, 0.3) is 5.69 Å². The maximum Gasteiger partial charge on any atom is 0.282 e. The Labute approximate surface area is 108 Å². The number of rotatable bonds is 6. The zero-order valence-electron chi connectivity index (χ0n) is 9.06. The van der Waals surface area contributed by atoms with Crippen LogP contribution in [0.1, 0.15) is 13.3 Å². The molecule has 0 aliphatic heterocycles. The minimum Gasteiger partial charge on any atom is -0.258 e. The second-order valence-corrected chi connectivity index (χ2v) is 5.17. The van der Waals surface area contributed by atoms with E-state index in [4.69, 9.17) is 0 Å². The molecule has 0 N–H and O–H groups in total. The lowest BCUT2D eigenvalue weighted by molar-refractivity contribution is -0.387. The van der Waals surface area contributed by atoms with Gasteiger partial charge in [0.1, 0.15) is 0 Å². The summed E-state index contributed by atoms with van der Waals surface area (Å²) in [6.07, 6.45) is 1.08. The number of hydrogen-bond donors (Lipinski definition) is 0. The number of nitrogens with zero attached hydrogens (tertiary/aromatic N) is 1. The molecule has 0 saturated carbocycles. The predicted octanol–water partition coefficient (Wildman–Crippen LogP) is 4.11. The van der Waals surface area contributed by atoms with E-state index in [1.165, 1.54) is 0 Å². The topological polar surface area (TPSA) is 43.1 Å². The van der Waals surface area contributed by atoms with Gasteiger partial charge in [-0.2, -0.15) is 0 Å². The predicted molar refractivity (Wildman–Crippen MR) is 71.4 cm³/mol. The summed E-state index contributed by atoms with van der Waals surface area (Å²) >= 11 is 5.01. The molecule has 1 aromatic carbocycles. The molecule has 0 aromatic heterocycles. The van der Waals surface area contributed by atoms with Crippen LogP contribution < -0.4 is 0 Å². The first kappa shape index (κ1) is 13.5. The van der Waals surface area contributed by atoms with Crippen LogP contribution >= 0.6 is 27.7 Å². The van der Waals surface area contributed by atoms with Gasteiger partial charge in [0.2, 0.25) is 0 Å². The number of alkyl halides is 1. The first-order chi connectivity index (χ1) is 7.69. The number of halogens is 1. The van der Waals surface area contributed by atoms with Crippen LogP contribution in [0.15, 0.2) is 29.2 Å². The van der Waals surface area contributed by atoms with Crippen molar-refractivity contribution in [2.45, 2.75) is 18.2 Å². The third kappa shape index (κ3) is 3.79. The molecule has 0 aliphatic carbocycles. The van der Waals surface area contributed by atoms with E-state index < -0.39 is 0 Å². The van der Waals surface area contributed by atoms with E-state index in [1.54, 1.807) is 23.9 Å². The average molecular weight is 304 g/mol. The zero-order valence-corrected chi connectivity index (χ0v) is 11.5. The van der Waals surface area contributed by atoms with Gasteiger partial charge in [-0.25, -0.2) is 0 Å². The van der Waals surface area contributed by atoms with Gasteiger partial charge in [0.05, 0.1) is 9.82 Å². The van der Waals surface area contributed by atoms with Crippen molar-refractivity contribution < 1.29 is 4.92 Å². The van der Waals surface area contributed by atoms with Gasteiger partial charge < -0.3 is 0 Å². The van der Waals surface area contributed by atoms with Gasteiger partial charge in [0, 0.05) is 17.1 Å². The average Bonchev–Trinajstić information content (AvgIpc) is 2.30. The van der Waals surface area contributed by atoms with Crippen molar-refractivity contribution in [3.63, 3.8) is 0 Å². The maximum atomic E-state index is 10.8. The van der Waals surface area contributed by atoms with E-state index in [9.17, 15) is 10.1 Å². The first-order valence-corrected chi connectivity index (χ1v) is 7.22. The molecular formula is C11H14BrNO2S. The molecule has 3 nitrogen and oxygen atoms in total. The highest BCUT2D eigenvalue weighted by atomic mass is 79.9. The number of benzene rings is 1. The number of hydrogen-bond acceptors (Lipinski definition) is 3. The highest BCUT2D eigenvalue weighted by molar-refractivity contribution is 9.09. The first-order valence-electron chi connectivity index (χ1n) is 5.11. The van der Waals surface area contributed by atoms with Gasteiger partial charge in [0.15, 0.2) is 0 Å². The van der Waals surface area contributed by atoms with E-state index in [0.29, 0.717) is 5.92 Å². The fourth-order valence-electron chi connectivity index (χ4n) is 1.21. The summed E-state index contributed by atoms with van der Waals surface area (Å²) in [5.41, 5.74) is 0.205. The number of thioether (sulfide) groups is 1. The Morgan fingerprint density at radius 2 is 2.19 bits per heavy atom. The van der Waals surface area contributed by atoms with Crippen LogP contribution in [-0.4, -0.2) is 16.0 Å². The Kier molecular flexibility index (Phi) is 5.84. The summed E-state index contributed by atoms with van der Waals surface area (Å²) in [4.78, 5) is 11.2. The molecule has 0 aliphatic rings. The Bertz CT molecular complexity index is 356. The van der Waals surface area contributed by atoms with Crippen molar-refractivity contribution in [2.75, 3.05) is 11.1 Å². The molecule has 1 unspecified atom stereocenters. The monoisotopic (exact) mass is 303 g/mol. The second-order valence-electron chi connectivity index (χ2n) is 3.46. The molecule has 1 aromatic rings. The Morgan fingerprint density at radius 3 is 2.75 bits per heavy atom. The lowest BCUT2D eigenvalue weighted by Crippen LogP contribution is -2.03. The Balaban J connectivity index is 2.69. The second kappa shape index (κ2) is 6.91. The van der Waals surface area contributed by atoms with E-state index in [-0.39, 0.29) is 10.6 Å². The minimum atomic E-state index is -0.322. The van der Waals surface area contributed by atoms with E-state index in [1.807, 2.05) is 12.1 Å². The van der Waals surface area contributed by atoms with Crippen LogP contribution in [0.5, 0.6) is 0 Å². The van der Waals surface area contributed by atoms with Crippen molar-refractivity contribution in [1.29, 1.82) is 0 Å². The van der Waals surface area contributed by atoms with Crippen LogP contribution in [0, 0.1) is 16.0 Å².